The van der Waals surface area contributed by atoms with Gasteiger partial charge in [-0.25, -0.2) is 4.79 Å². The van der Waals surface area contributed by atoms with Crippen molar-refractivity contribution in [1.82, 2.24) is 20.2 Å². The lowest BCUT2D eigenvalue weighted by atomic mass is 10.1. The number of aromatic nitrogens is 2. The lowest BCUT2D eigenvalue weighted by Crippen LogP contribution is -2.46. The summed E-state index contributed by atoms with van der Waals surface area (Å²) >= 11 is 0. The Kier molecular flexibility index (Phi) is 8.68. The second-order valence-electron chi connectivity index (χ2n) is 6.37. The third-order valence-corrected chi connectivity index (χ3v) is 6.02. The molecule has 2 amide bonds. The SMILES string of the molecule is CCOP(=O)(CNC(=O)CNC(=O)[C@H]1O[C@@H](n2ccc(=O)[nH]c2=O)[C@@H](O)[C@H]1O)OCC. The Bertz CT molecular complexity index is 937. The van der Waals surface area contributed by atoms with Crippen molar-refractivity contribution >= 4 is 19.4 Å². The molecule has 2 rings (SSSR count). The number of nitrogens with one attached hydrogen (secondary N) is 3. The molecule has 0 saturated carbocycles. The molecule has 1 aliphatic heterocycles. The molecule has 1 fully saturated rings. The number of nitrogens with zero attached hydrogens (tertiary/aromatic N) is 1. The summed E-state index contributed by atoms with van der Waals surface area (Å²) in [5, 5.41) is 24.8. The van der Waals surface area contributed by atoms with E-state index in [-0.39, 0.29) is 13.2 Å². The minimum Gasteiger partial charge on any atom is -0.387 e. The lowest BCUT2D eigenvalue weighted by molar-refractivity contribution is -0.139. The monoisotopic (exact) mass is 464 g/mol. The Labute approximate surface area is 176 Å². The molecule has 2 heterocycles. The van der Waals surface area contributed by atoms with Gasteiger partial charge in [0.1, 0.15) is 18.5 Å². The van der Waals surface area contributed by atoms with E-state index in [1.165, 1.54) is 0 Å². The molecular formula is C16H25N4O10P. The van der Waals surface area contributed by atoms with Crippen molar-refractivity contribution in [2.75, 3.05) is 26.0 Å². The van der Waals surface area contributed by atoms with E-state index in [4.69, 9.17) is 13.8 Å². The molecule has 14 nitrogen and oxygen atoms in total. The summed E-state index contributed by atoms with van der Waals surface area (Å²) in [6, 6.07) is 1.00. The molecule has 5 N–H and O–H groups in total. The molecule has 1 aromatic rings. The molecular weight excluding hydrogens is 439 g/mol. The van der Waals surface area contributed by atoms with Crippen LogP contribution in [0, 0.1) is 0 Å². The average Bonchev–Trinajstić information content (AvgIpc) is 3.00. The normalized spacial score (nSPS) is 23.5. The van der Waals surface area contributed by atoms with Crippen molar-refractivity contribution in [3.8, 4) is 0 Å². The molecule has 15 heteroatoms. The highest BCUT2D eigenvalue weighted by atomic mass is 31.2. The number of ether oxygens (including phenoxy) is 1. The fraction of sp³-hybridized carbons (Fsp3) is 0.625. The summed E-state index contributed by atoms with van der Waals surface area (Å²) in [6.07, 6.45) is -5.75. The first-order valence-electron chi connectivity index (χ1n) is 9.37. The molecule has 1 aliphatic rings. The number of carbonyl (C=O) groups is 2. The van der Waals surface area contributed by atoms with Crippen LogP contribution in [0.3, 0.4) is 0 Å². The second kappa shape index (κ2) is 10.8. The number of hydrogen-bond donors (Lipinski definition) is 5. The van der Waals surface area contributed by atoms with Gasteiger partial charge < -0.3 is 34.6 Å². The van der Waals surface area contributed by atoms with Gasteiger partial charge in [0.25, 0.3) is 11.5 Å². The van der Waals surface area contributed by atoms with Crippen molar-refractivity contribution in [3.63, 3.8) is 0 Å². The van der Waals surface area contributed by atoms with E-state index >= 15 is 0 Å². The molecule has 0 aliphatic carbocycles. The van der Waals surface area contributed by atoms with E-state index in [0.29, 0.717) is 0 Å². The van der Waals surface area contributed by atoms with Gasteiger partial charge in [0.2, 0.25) is 5.91 Å². The van der Waals surface area contributed by atoms with E-state index < -0.39 is 68.0 Å². The molecule has 0 spiro atoms. The maximum atomic E-state index is 12.3. The standard InChI is InChI=1S/C16H25N4O10P/c1-3-28-31(27,29-4-2)8-18-10(22)7-17-14(25)13-11(23)12(24)15(30-13)20-6-5-9(21)19-16(20)26/h5-6,11-13,15,23-24H,3-4,7-8H2,1-2H3,(H,17,25)(H,18,22)(H,19,21,26)/t11-,12+,13+,15-/m1/s1. The third kappa shape index (κ3) is 6.32. The Morgan fingerprint density at radius 3 is 2.42 bits per heavy atom. The number of amides is 2. The Balaban J connectivity index is 1.93. The fourth-order valence-electron chi connectivity index (χ4n) is 2.77. The first-order chi connectivity index (χ1) is 14.6. The Morgan fingerprint density at radius 2 is 1.84 bits per heavy atom. The first kappa shape index (κ1) is 24.9. The maximum Gasteiger partial charge on any atom is 0.349 e. The van der Waals surface area contributed by atoms with Gasteiger partial charge in [-0.3, -0.25) is 28.5 Å². The lowest BCUT2D eigenvalue weighted by Gasteiger charge is -2.18. The van der Waals surface area contributed by atoms with E-state index in [2.05, 4.69) is 10.6 Å². The van der Waals surface area contributed by atoms with Gasteiger partial charge in [-0.05, 0) is 13.8 Å². The van der Waals surface area contributed by atoms with Crippen LogP contribution in [-0.2, 0) is 27.9 Å². The van der Waals surface area contributed by atoms with Crippen LogP contribution >= 0.6 is 7.60 Å². The van der Waals surface area contributed by atoms with Crippen molar-refractivity contribution < 1.29 is 38.2 Å². The van der Waals surface area contributed by atoms with Crippen LogP contribution in [0.2, 0.25) is 0 Å². The number of carbonyl (C=O) groups excluding carboxylic acids is 2. The molecule has 31 heavy (non-hydrogen) atoms. The predicted octanol–water partition coefficient (Wildman–Crippen LogP) is -2.39. The molecule has 174 valence electrons. The number of aliphatic hydroxyl groups excluding tert-OH is 2. The number of aliphatic hydroxyl groups is 2. The van der Waals surface area contributed by atoms with Crippen molar-refractivity contribution in [2.45, 2.75) is 38.4 Å². The molecule has 0 aromatic carbocycles. The summed E-state index contributed by atoms with van der Waals surface area (Å²) in [6.45, 7) is 2.90. The summed E-state index contributed by atoms with van der Waals surface area (Å²) in [7, 11) is -3.51. The number of rotatable bonds is 10. The van der Waals surface area contributed by atoms with Crippen molar-refractivity contribution in [1.29, 1.82) is 0 Å². The minimum absolute atomic E-state index is 0.114. The zero-order valence-electron chi connectivity index (χ0n) is 16.8. The second-order valence-corrected chi connectivity index (χ2v) is 8.42. The molecule has 0 bridgehead atoms. The van der Waals surface area contributed by atoms with E-state index in [1.54, 1.807) is 13.8 Å². The van der Waals surface area contributed by atoms with Crippen LogP contribution in [-0.4, -0.2) is 75.9 Å². The summed E-state index contributed by atoms with van der Waals surface area (Å²) in [4.78, 5) is 49.2. The van der Waals surface area contributed by atoms with Crippen LogP contribution in [0.15, 0.2) is 21.9 Å². The minimum atomic E-state index is -3.51. The number of aromatic amines is 1. The maximum absolute atomic E-state index is 12.3. The zero-order valence-corrected chi connectivity index (χ0v) is 17.7. The highest BCUT2D eigenvalue weighted by Gasteiger charge is 2.47. The Morgan fingerprint density at radius 1 is 1.19 bits per heavy atom. The van der Waals surface area contributed by atoms with Gasteiger partial charge in [-0.2, -0.15) is 0 Å². The van der Waals surface area contributed by atoms with Gasteiger partial charge in [-0.1, -0.05) is 0 Å². The van der Waals surface area contributed by atoms with Crippen LogP contribution < -0.4 is 21.9 Å². The molecule has 1 saturated heterocycles. The van der Waals surface area contributed by atoms with Gasteiger partial charge in [0.15, 0.2) is 12.3 Å². The largest absolute Gasteiger partial charge is 0.387 e. The van der Waals surface area contributed by atoms with Crippen molar-refractivity contribution in [3.05, 3.63) is 33.1 Å². The number of H-pyrrole nitrogens is 1. The highest BCUT2D eigenvalue weighted by molar-refractivity contribution is 7.53. The van der Waals surface area contributed by atoms with E-state index in [0.717, 1.165) is 16.8 Å². The third-order valence-electron chi connectivity index (χ3n) is 4.17. The highest BCUT2D eigenvalue weighted by Crippen LogP contribution is 2.46. The van der Waals surface area contributed by atoms with Crippen molar-refractivity contribution in [2.24, 2.45) is 0 Å². The van der Waals surface area contributed by atoms with Crippen LogP contribution in [0.4, 0.5) is 0 Å². The van der Waals surface area contributed by atoms with Gasteiger partial charge in [-0.15, -0.1) is 0 Å². The van der Waals surface area contributed by atoms with Crippen LogP contribution in [0.1, 0.15) is 20.1 Å². The van der Waals surface area contributed by atoms with Gasteiger partial charge in [0, 0.05) is 12.3 Å². The summed E-state index contributed by atoms with van der Waals surface area (Å²) in [5.74, 6) is -1.64. The Hall–Kier alpha value is -2.35. The zero-order chi connectivity index (χ0) is 23.2. The number of hydrogen-bond acceptors (Lipinski definition) is 10. The quantitative estimate of drug-likeness (QED) is 0.233. The van der Waals surface area contributed by atoms with Crippen LogP contribution in [0.5, 0.6) is 0 Å². The van der Waals surface area contributed by atoms with Gasteiger partial charge >= 0.3 is 13.3 Å². The van der Waals surface area contributed by atoms with E-state index in [1.807, 2.05) is 4.98 Å². The fourth-order valence-corrected chi connectivity index (χ4v) is 4.19. The average molecular weight is 464 g/mol. The molecule has 4 atom stereocenters. The molecule has 0 unspecified atom stereocenters. The van der Waals surface area contributed by atoms with E-state index in [9.17, 15) is 34.0 Å². The smallest absolute Gasteiger partial charge is 0.349 e. The van der Waals surface area contributed by atoms with Crippen LogP contribution in [0.25, 0.3) is 0 Å². The molecule has 1 aromatic heterocycles. The first-order valence-corrected chi connectivity index (χ1v) is 11.1. The summed E-state index contributed by atoms with van der Waals surface area (Å²) in [5.41, 5.74) is -1.58. The topological polar surface area (TPSA) is 198 Å². The summed E-state index contributed by atoms with van der Waals surface area (Å²) < 4.78 is 28.4. The molecule has 0 radical (unpaired) electrons. The van der Waals surface area contributed by atoms with Gasteiger partial charge in [0.05, 0.1) is 19.8 Å². The predicted molar refractivity (Wildman–Crippen MR) is 104 cm³/mol.